The predicted molar refractivity (Wildman–Crippen MR) is 51.0 cm³/mol. The molecular formula is C8H8ClFN2O2. The van der Waals surface area contributed by atoms with E-state index in [4.69, 9.17) is 17.3 Å². The summed E-state index contributed by atoms with van der Waals surface area (Å²) in [5, 5.41) is 10.8. The van der Waals surface area contributed by atoms with Crippen LogP contribution < -0.4 is 5.73 Å². The number of halogens is 2. The fourth-order valence-corrected chi connectivity index (χ4v) is 1.24. The van der Waals surface area contributed by atoms with Gasteiger partial charge in [0.2, 0.25) is 0 Å². The minimum Gasteiger partial charge on any atom is -0.322 e. The molecule has 4 nitrogen and oxygen atoms in total. The normalized spacial score (nSPS) is 12.5. The molecule has 0 unspecified atom stereocenters. The van der Waals surface area contributed by atoms with Crippen LogP contribution in [0.15, 0.2) is 18.2 Å². The number of alkyl halides is 1. The van der Waals surface area contributed by atoms with Gasteiger partial charge in [0.05, 0.1) is 11.0 Å². The first-order chi connectivity index (χ1) is 6.56. The van der Waals surface area contributed by atoms with Crippen LogP contribution in [0, 0.1) is 10.1 Å². The van der Waals surface area contributed by atoms with Crippen molar-refractivity contribution >= 4 is 17.3 Å². The van der Waals surface area contributed by atoms with Crippen molar-refractivity contribution in [3.05, 3.63) is 38.9 Å². The number of rotatable bonds is 3. The van der Waals surface area contributed by atoms with Gasteiger partial charge in [-0.15, -0.1) is 0 Å². The summed E-state index contributed by atoms with van der Waals surface area (Å²) in [6, 6.07) is 2.99. The van der Waals surface area contributed by atoms with Gasteiger partial charge < -0.3 is 5.73 Å². The molecule has 1 rings (SSSR count). The van der Waals surface area contributed by atoms with Crippen LogP contribution >= 0.6 is 11.6 Å². The van der Waals surface area contributed by atoms with Gasteiger partial charge >= 0.3 is 0 Å². The molecule has 0 aliphatic carbocycles. The molecule has 0 aromatic heterocycles. The summed E-state index contributed by atoms with van der Waals surface area (Å²) in [4.78, 5) is 9.94. The van der Waals surface area contributed by atoms with Crippen molar-refractivity contribution in [2.24, 2.45) is 5.73 Å². The molecule has 1 aromatic carbocycles. The lowest BCUT2D eigenvalue weighted by molar-refractivity contribution is -0.385. The van der Waals surface area contributed by atoms with E-state index >= 15 is 0 Å². The molecule has 14 heavy (non-hydrogen) atoms. The van der Waals surface area contributed by atoms with Gasteiger partial charge in [0.15, 0.2) is 0 Å². The first-order valence-electron chi connectivity index (χ1n) is 3.81. The van der Waals surface area contributed by atoms with Gasteiger partial charge in [-0.25, -0.2) is 4.39 Å². The standard InChI is InChI=1S/C8H8ClFN2O2/c9-5-1-2-6(7(11)4-10)8(3-5)12(13)14/h1-3,7H,4,11H2/t7-/m1/s1. The third-order valence-corrected chi connectivity index (χ3v) is 1.99. The third kappa shape index (κ3) is 2.18. The number of hydrogen-bond acceptors (Lipinski definition) is 3. The van der Waals surface area contributed by atoms with Crippen LogP contribution in [0.1, 0.15) is 11.6 Å². The van der Waals surface area contributed by atoms with Crippen molar-refractivity contribution in [3.63, 3.8) is 0 Å². The molecule has 6 heteroatoms. The Bertz CT molecular complexity index is 359. The number of nitro groups is 1. The molecule has 0 spiro atoms. The lowest BCUT2D eigenvalue weighted by atomic mass is 10.1. The third-order valence-electron chi connectivity index (χ3n) is 1.75. The number of hydrogen-bond donors (Lipinski definition) is 1. The summed E-state index contributed by atoms with van der Waals surface area (Å²) in [7, 11) is 0. The summed E-state index contributed by atoms with van der Waals surface area (Å²) >= 11 is 5.57. The molecule has 2 N–H and O–H groups in total. The lowest BCUT2D eigenvalue weighted by Crippen LogP contribution is -2.14. The van der Waals surface area contributed by atoms with E-state index in [1.165, 1.54) is 12.1 Å². The van der Waals surface area contributed by atoms with Crippen molar-refractivity contribution < 1.29 is 9.31 Å². The Morgan fingerprint density at radius 2 is 2.29 bits per heavy atom. The minimum atomic E-state index is -0.979. The van der Waals surface area contributed by atoms with Crippen molar-refractivity contribution in [3.8, 4) is 0 Å². The smallest absolute Gasteiger partial charge is 0.275 e. The van der Waals surface area contributed by atoms with E-state index in [9.17, 15) is 14.5 Å². The minimum absolute atomic E-state index is 0.155. The molecule has 0 aliphatic rings. The molecule has 0 saturated heterocycles. The number of nitro benzene ring substituents is 1. The Hall–Kier alpha value is -1.20. The van der Waals surface area contributed by atoms with Crippen LogP contribution in [0.2, 0.25) is 5.02 Å². The highest BCUT2D eigenvalue weighted by Gasteiger charge is 2.19. The quantitative estimate of drug-likeness (QED) is 0.625. The van der Waals surface area contributed by atoms with Gasteiger partial charge in [0.1, 0.15) is 6.67 Å². The molecule has 0 bridgehead atoms. The first kappa shape index (κ1) is 10.9. The fourth-order valence-electron chi connectivity index (χ4n) is 1.07. The van der Waals surface area contributed by atoms with Crippen LogP contribution in [-0.2, 0) is 0 Å². The summed E-state index contributed by atoms with van der Waals surface area (Å²) < 4.78 is 12.2. The predicted octanol–water partition coefficient (Wildman–Crippen LogP) is 2.22. The zero-order valence-electron chi connectivity index (χ0n) is 7.11. The van der Waals surface area contributed by atoms with E-state index in [-0.39, 0.29) is 16.3 Å². The summed E-state index contributed by atoms with van der Waals surface area (Å²) in [5.41, 5.74) is 5.27. The van der Waals surface area contributed by atoms with E-state index in [1.807, 2.05) is 0 Å². The van der Waals surface area contributed by atoms with E-state index < -0.39 is 17.6 Å². The number of nitrogens with two attached hydrogens (primary N) is 1. The highest BCUT2D eigenvalue weighted by molar-refractivity contribution is 6.30. The lowest BCUT2D eigenvalue weighted by Gasteiger charge is -2.07. The molecule has 0 radical (unpaired) electrons. The molecule has 76 valence electrons. The Kier molecular flexibility index (Phi) is 3.38. The van der Waals surface area contributed by atoms with E-state index in [1.54, 1.807) is 0 Å². The second-order valence-corrected chi connectivity index (χ2v) is 3.16. The molecular weight excluding hydrogens is 211 g/mol. The van der Waals surface area contributed by atoms with Gasteiger partial charge in [0, 0.05) is 16.7 Å². The van der Waals surface area contributed by atoms with Gasteiger partial charge in [-0.1, -0.05) is 11.6 Å². The summed E-state index contributed by atoms with van der Waals surface area (Å²) in [6.45, 7) is -0.845. The van der Waals surface area contributed by atoms with Crippen molar-refractivity contribution in [1.82, 2.24) is 0 Å². The zero-order valence-corrected chi connectivity index (χ0v) is 7.87. The molecule has 1 atom stereocenters. The Labute approximate surface area is 84.6 Å². The maximum Gasteiger partial charge on any atom is 0.275 e. The Morgan fingerprint density at radius 1 is 1.64 bits per heavy atom. The van der Waals surface area contributed by atoms with Crippen LogP contribution in [-0.4, -0.2) is 11.6 Å². The van der Waals surface area contributed by atoms with Crippen molar-refractivity contribution in [2.75, 3.05) is 6.67 Å². The van der Waals surface area contributed by atoms with Gasteiger partial charge in [-0.05, 0) is 12.1 Å². The topological polar surface area (TPSA) is 69.2 Å². The second kappa shape index (κ2) is 4.34. The molecule has 0 heterocycles. The maximum atomic E-state index is 12.2. The van der Waals surface area contributed by atoms with E-state index in [0.717, 1.165) is 6.07 Å². The summed E-state index contributed by atoms with van der Waals surface area (Å²) in [5.74, 6) is 0. The molecule has 0 fully saturated rings. The van der Waals surface area contributed by atoms with Gasteiger partial charge in [-0.2, -0.15) is 0 Å². The zero-order chi connectivity index (χ0) is 10.7. The highest BCUT2D eigenvalue weighted by atomic mass is 35.5. The fraction of sp³-hybridized carbons (Fsp3) is 0.250. The second-order valence-electron chi connectivity index (χ2n) is 2.72. The SMILES string of the molecule is N[C@H](CF)c1ccc(Cl)cc1[N+](=O)[O-]. The van der Waals surface area contributed by atoms with Gasteiger partial charge in [0.25, 0.3) is 5.69 Å². The Balaban J connectivity index is 3.21. The van der Waals surface area contributed by atoms with Crippen LogP contribution in [0.5, 0.6) is 0 Å². The van der Waals surface area contributed by atoms with E-state index in [2.05, 4.69) is 0 Å². The van der Waals surface area contributed by atoms with E-state index in [0.29, 0.717) is 0 Å². The van der Waals surface area contributed by atoms with Crippen molar-refractivity contribution in [2.45, 2.75) is 6.04 Å². The summed E-state index contributed by atoms with van der Waals surface area (Å²) in [6.07, 6.45) is 0. The van der Waals surface area contributed by atoms with Crippen LogP contribution in [0.25, 0.3) is 0 Å². The average Bonchev–Trinajstić information content (AvgIpc) is 2.16. The molecule has 0 amide bonds. The maximum absolute atomic E-state index is 12.2. The number of benzene rings is 1. The largest absolute Gasteiger partial charge is 0.322 e. The molecule has 0 aliphatic heterocycles. The Morgan fingerprint density at radius 3 is 2.79 bits per heavy atom. The van der Waals surface area contributed by atoms with Crippen LogP contribution in [0.3, 0.4) is 0 Å². The van der Waals surface area contributed by atoms with Crippen molar-refractivity contribution in [1.29, 1.82) is 0 Å². The average molecular weight is 219 g/mol. The van der Waals surface area contributed by atoms with Crippen LogP contribution in [0.4, 0.5) is 10.1 Å². The first-order valence-corrected chi connectivity index (χ1v) is 4.19. The monoisotopic (exact) mass is 218 g/mol. The van der Waals surface area contributed by atoms with Gasteiger partial charge in [-0.3, -0.25) is 10.1 Å². The molecule has 1 aromatic rings. The molecule has 0 saturated carbocycles. The number of nitrogens with zero attached hydrogens (tertiary/aromatic N) is 1. The highest BCUT2D eigenvalue weighted by Crippen LogP contribution is 2.27.